The van der Waals surface area contributed by atoms with Crippen molar-refractivity contribution < 1.29 is 42.3 Å². The van der Waals surface area contributed by atoms with E-state index in [4.69, 9.17) is 18.9 Å². The van der Waals surface area contributed by atoms with Gasteiger partial charge in [-0.25, -0.2) is 13.2 Å². The second-order valence-corrected chi connectivity index (χ2v) is 18.0. The maximum atomic E-state index is 13.7. The first kappa shape index (κ1) is 63.7. The van der Waals surface area contributed by atoms with Crippen LogP contribution >= 0.6 is 79.5 Å². The van der Waals surface area contributed by atoms with Gasteiger partial charge in [0.1, 0.15) is 47.6 Å². The Labute approximate surface area is 482 Å². The normalized spacial score (nSPS) is 18.7. The number of hydrogen-bond acceptors (Lipinski definition) is 10. The molecule has 9 nitrogen and oxygen atoms in total. The summed E-state index contributed by atoms with van der Waals surface area (Å²) in [7, 11) is 0. The van der Waals surface area contributed by atoms with Crippen molar-refractivity contribution in [2.24, 2.45) is 0 Å². The van der Waals surface area contributed by atoms with Crippen LogP contribution in [0.3, 0.4) is 0 Å². The van der Waals surface area contributed by atoms with Crippen molar-refractivity contribution in [2.75, 3.05) is 80.5 Å². The number of aliphatic hydroxyl groups excluding tert-OH is 2. The number of ether oxygens (including phenoxy) is 4. The summed E-state index contributed by atoms with van der Waals surface area (Å²) in [5.41, 5.74) is 4.53. The number of nitrogens with zero attached hydrogens (tertiary/aromatic N) is 2. The molecule has 0 bridgehead atoms. The minimum absolute atomic E-state index is 0.00453. The maximum Gasteiger partial charge on any atom is 0.132 e. The van der Waals surface area contributed by atoms with Crippen LogP contribution in [0.2, 0.25) is 0 Å². The van der Waals surface area contributed by atoms with E-state index < -0.39 is 12.2 Å². The summed E-state index contributed by atoms with van der Waals surface area (Å²) in [4.78, 5) is 11.5. The number of benzene rings is 6. The topological polar surface area (TPSA) is 95.9 Å². The van der Waals surface area contributed by atoms with Crippen molar-refractivity contribution in [3.8, 4) is 5.75 Å². The highest BCUT2D eigenvalue weighted by atomic mass is 127. The van der Waals surface area contributed by atoms with Gasteiger partial charge >= 0.3 is 0 Å². The lowest BCUT2D eigenvalue weighted by atomic mass is 10.0. The molecule has 6 atom stereocenters. The summed E-state index contributed by atoms with van der Waals surface area (Å²) in [5.74, 6) is -0.0443. The summed E-state index contributed by atoms with van der Waals surface area (Å²) >= 11 is 8.12. The predicted octanol–water partition coefficient (Wildman–Crippen LogP) is 12.7. The van der Waals surface area contributed by atoms with Crippen molar-refractivity contribution >= 4 is 79.5 Å². The fourth-order valence-corrected chi connectivity index (χ4v) is 9.69. The van der Waals surface area contributed by atoms with Gasteiger partial charge in [0.2, 0.25) is 0 Å². The Morgan fingerprint density at radius 1 is 0.568 bits per heavy atom. The minimum atomic E-state index is -0.811. The first-order valence-corrected chi connectivity index (χ1v) is 31.8. The molecule has 74 heavy (non-hydrogen) atoms. The quantitative estimate of drug-likeness (QED) is 0.0556. The third-order valence-electron chi connectivity index (χ3n) is 11.8. The van der Waals surface area contributed by atoms with Gasteiger partial charge in [-0.3, -0.25) is 9.80 Å². The smallest absolute Gasteiger partial charge is 0.132 e. The van der Waals surface area contributed by atoms with Crippen LogP contribution in [0.1, 0.15) is 52.2 Å². The number of halogens is 6. The van der Waals surface area contributed by atoms with E-state index in [1.165, 1.54) is 41.5 Å². The van der Waals surface area contributed by atoms with Crippen molar-refractivity contribution in [3.63, 3.8) is 0 Å². The number of morpholine rings is 3. The van der Waals surface area contributed by atoms with Crippen LogP contribution in [0.15, 0.2) is 163 Å². The van der Waals surface area contributed by atoms with E-state index in [1.807, 2.05) is 88.4 Å². The van der Waals surface area contributed by atoms with Gasteiger partial charge in [0.05, 0.1) is 42.7 Å². The van der Waals surface area contributed by atoms with E-state index in [0.29, 0.717) is 50.6 Å². The third kappa shape index (κ3) is 21.9. The molecule has 6 aromatic carbocycles. The van der Waals surface area contributed by atoms with Crippen LogP contribution in [0.4, 0.5) is 13.2 Å². The van der Waals surface area contributed by atoms with Crippen molar-refractivity contribution in [1.82, 2.24) is 15.1 Å². The molecule has 3 saturated heterocycles. The molecule has 0 unspecified atom stereocenters. The van der Waals surface area contributed by atoms with Crippen LogP contribution in [-0.2, 0) is 27.3 Å². The molecule has 3 aliphatic heterocycles. The zero-order chi connectivity index (χ0) is 53.5. The molecule has 0 amide bonds. The number of aliphatic hydroxyl groups is 2. The van der Waals surface area contributed by atoms with Crippen LogP contribution in [0.25, 0.3) is 0 Å². The number of alkyl halides is 3. The Kier molecular flexibility index (Phi) is 31.9. The molecule has 3 heterocycles. The molecule has 3 N–H and O–H groups in total. The lowest BCUT2D eigenvalue weighted by molar-refractivity contribution is -0.0919. The number of para-hydroxylation sites is 1. The average Bonchev–Trinajstić information content (AvgIpc) is 3.45. The van der Waals surface area contributed by atoms with E-state index >= 15 is 0 Å². The minimum Gasteiger partial charge on any atom is -0.493 e. The Hall–Kier alpha value is -2.87. The Morgan fingerprint density at radius 2 is 1.00 bits per heavy atom. The highest BCUT2D eigenvalue weighted by Gasteiger charge is 2.31. The van der Waals surface area contributed by atoms with Crippen LogP contribution < -0.4 is 10.1 Å². The molecule has 6 aromatic rings. The Bertz CT molecular complexity index is 2310. The number of nitrogens with one attached hydrogen (secondary N) is 1. The molecule has 402 valence electrons. The van der Waals surface area contributed by atoms with Gasteiger partial charge in [0, 0.05) is 52.4 Å². The first-order valence-electron chi connectivity index (χ1n) is 24.4. The molecule has 3 fully saturated rings. The van der Waals surface area contributed by atoms with Crippen molar-refractivity contribution in [3.05, 3.63) is 203 Å². The van der Waals surface area contributed by atoms with E-state index in [0.717, 1.165) is 55.5 Å². The van der Waals surface area contributed by atoms with Crippen LogP contribution in [0, 0.1) is 17.5 Å². The van der Waals surface area contributed by atoms with Gasteiger partial charge in [-0.15, -0.1) is 11.8 Å². The van der Waals surface area contributed by atoms with Gasteiger partial charge in [-0.2, -0.15) is 0 Å². The Morgan fingerprint density at radius 3 is 1.45 bits per heavy atom. The Balaban J connectivity index is 0.000000229. The van der Waals surface area contributed by atoms with E-state index in [1.54, 1.807) is 48.2 Å². The third-order valence-corrected chi connectivity index (χ3v) is 13.2. The molecule has 0 radical (unpaired) electrons. The summed E-state index contributed by atoms with van der Waals surface area (Å²) in [6, 6.07) is 47.4. The largest absolute Gasteiger partial charge is 0.493 e. The molecule has 16 heteroatoms. The number of rotatable bonds is 14. The van der Waals surface area contributed by atoms with Gasteiger partial charge in [-0.05, 0) is 98.1 Å². The molecule has 9 rings (SSSR count). The molecule has 0 aliphatic carbocycles. The zero-order valence-corrected chi connectivity index (χ0v) is 49.8. The predicted molar refractivity (Wildman–Crippen MR) is 321 cm³/mol. The lowest BCUT2D eigenvalue weighted by Gasteiger charge is -2.35. The van der Waals surface area contributed by atoms with Gasteiger partial charge in [-0.1, -0.05) is 177 Å². The second kappa shape index (κ2) is 37.0. The molecular formula is C58H71F3I3N3O6S. The van der Waals surface area contributed by atoms with E-state index in [-0.39, 0.29) is 41.0 Å². The fraction of sp³-hybridized carbons (Fsp3) is 0.379. The van der Waals surface area contributed by atoms with Crippen LogP contribution in [0.5, 0.6) is 5.75 Å². The van der Waals surface area contributed by atoms with Crippen molar-refractivity contribution in [1.29, 1.82) is 0 Å². The van der Waals surface area contributed by atoms with Crippen molar-refractivity contribution in [2.45, 2.75) is 60.7 Å². The highest BCUT2D eigenvalue weighted by molar-refractivity contribution is 14.1. The van der Waals surface area contributed by atoms with Gasteiger partial charge in [0.15, 0.2) is 0 Å². The fourth-order valence-electron chi connectivity index (χ4n) is 8.41. The van der Waals surface area contributed by atoms with E-state index in [9.17, 15) is 23.4 Å². The SMILES string of the molecule is CCOc1ccccc1S[C@H](c1cccc(F)c1)[C@H]1CNCCO1.CI.CI.CI.O[C@@H](c1cccc(F)c1)[C@H]1CN(Cc2ccccc2)CCO1.O[C@H](c1cccc(F)c1)[C@@H]1CN(Cc2ccccc2)CCO1. The molecule has 0 aromatic heterocycles. The average molecular weight is 1380 g/mol. The standard InChI is InChI=1S/C19H22FNO2S.2C18H20FNO2.3CH3I/c1-2-22-16-8-3-4-9-18(16)24-19(17-13-21-10-11-23-17)14-6-5-7-15(20)12-14;2*19-16-8-4-7-15(11-16)18(21)17-13-20(9-10-22-17)12-14-5-2-1-3-6-14;3*1-2/h3-9,12,17,19,21H,2,10-11,13H2,1H3;2*1-8,11,17-18,21H,9-10,12-13H2;3*1H3/t17-,19-;2*17-,18+;;;/m110.../s1. The summed E-state index contributed by atoms with van der Waals surface area (Å²) in [5, 5.41) is 24.2. The summed E-state index contributed by atoms with van der Waals surface area (Å²) in [6.45, 7) is 10.6. The number of hydrogen-bond donors (Lipinski definition) is 3. The monoisotopic (exact) mass is 1380 g/mol. The number of thioether (sulfide) groups is 1. The summed E-state index contributed by atoms with van der Waals surface area (Å²) < 4.78 is 63.4. The lowest BCUT2D eigenvalue weighted by Crippen LogP contribution is -2.44. The maximum absolute atomic E-state index is 13.7. The molecule has 0 spiro atoms. The van der Waals surface area contributed by atoms with Crippen LogP contribution in [-0.4, -0.2) is 119 Å². The van der Waals surface area contributed by atoms with Gasteiger partial charge in [0.25, 0.3) is 0 Å². The summed E-state index contributed by atoms with van der Waals surface area (Å²) in [6.07, 6.45) is -2.30. The molecule has 0 saturated carbocycles. The van der Waals surface area contributed by atoms with Gasteiger partial charge < -0.3 is 34.5 Å². The highest BCUT2D eigenvalue weighted by Crippen LogP contribution is 2.43. The first-order chi connectivity index (χ1) is 36.2. The second-order valence-electron chi connectivity index (χ2n) is 16.8. The van der Waals surface area contributed by atoms with E-state index in [2.05, 4.69) is 107 Å². The zero-order valence-electron chi connectivity index (χ0n) is 42.6. The molecular weight excluding hydrogens is 1300 g/mol. The molecule has 3 aliphatic rings.